The van der Waals surface area contributed by atoms with Crippen molar-refractivity contribution >= 4 is 17.2 Å². The summed E-state index contributed by atoms with van der Waals surface area (Å²) in [6.45, 7) is 2.11. The minimum atomic E-state index is 0.0768. The zero-order valence-electron chi connectivity index (χ0n) is 13.2. The van der Waals surface area contributed by atoms with Crippen molar-refractivity contribution in [3.05, 3.63) is 52.2 Å². The summed E-state index contributed by atoms with van der Waals surface area (Å²) in [5, 5.41) is 2.05. The van der Waals surface area contributed by atoms with E-state index in [-0.39, 0.29) is 11.9 Å². The molecule has 0 radical (unpaired) electrons. The molecule has 0 N–H and O–H groups in total. The van der Waals surface area contributed by atoms with Crippen molar-refractivity contribution < 1.29 is 14.3 Å². The summed E-state index contributed by atoms with van der Waals surface area (Å²) in [6.07, 6.45) is 1.79. The number of methoxy groups -OCH3 is 1. The smallest absolute Gasteiger partial charge is 0.254 e. The molecule has 0 bridgehead atoms. The van der Waals surface area contributed by atoms with Gasteiger partial charge in [0.25, 0.3) is 5.91 Å². The van der Waals surface area contributed by atoms with Crippen molar-refractivity contribution in [2.45, 2.75) is 25.4 Å². The first kappa shape index (κ1) is 16.0. The Morgan fingerprint density at radius 3 is 2.61 bits per heavy atom. The Hall–Kier alpha value is -1.85. The van der Waals surface area contributed by atoms with E-state index in [0.29, 0.717) is 12.1 Å². The lowest BCUT2D eigenvalue weighted by atomic mass is 10.0. The van der Waals surface area contributed by atoms with Gasteiger partial charge in [0.1, 0.15) is 5.75 Å². The highest BCUT2D eigenvalue weighted by Gasteiger charge is 2.27. The van der Waals surface area contributed by atoms with E-state index < -0.39 is 0 Å². The Balaban J connectivity index is 1.81. The largest absolute Gasteiger partial charge is 0.497 e. The van der Waals surface area contributed by atoms with Crippen molar-refractivity contribution in [1.29, 1.82) is 0 Å². The van der Waals surface area contributed by atoms with Crippen LogP contribution in [0.2, 0.25) is 0 Å². The third-order valence-electron chi connectivity index (χ3n) is 4.14. The van der Waals surface area contributed by atoms with Gasteiger partial charge in [-0.25, -0.2) is 0 Å². The number of hydrogen-bond donors (Lipinski definition) is 0. The summed E-state index contributed by atoms with van der Waals surface area (Å²) in [7, 11) is 1.63. The predicted molar refractivity (Wildman–Crippen MR) is 91.0 cm³/mol. The maximum Gasteiger partial charge on any atom is 0.254 e. The Morgan fingerprint density at radius 1 is 1.26 bits per heavy atom. The van der Waals surface area contributed by atoms with Crippen LogP contribution in [0.4, 0.5) is 0 Å². The molecule has 0 spiro atoms. The monoisotopic (exact) mass is 331 g/mol. The molecule has 1 amide bonds. The van der Waals surface area contributed by atoms with E-state index in [1.54, 1.807) is 18.4 Å². The molecule has 2 aromatic rings. The van der Waals surface area contributed by atoms with Gasteiger partial charge in [-0.2, -0.15) is 0 Å². The van der Waals surface area contributed by atoms with Gasteiger partial charge in [0.05, 0.1) is 13.7 Å². The first-order valence-electron chi connectivity index (χ1n) is 7.83. The van der Waals surface area contributed by atoms with Gasteiger partial charge in [-0.05, 0) is 48.6 Å². The van der Waals surface area contributed by atoms with Crippen molar-refractivity contribution in [3.8, 4) is 5.75 Å². The number of rotatable bonds is 5. The fourth-order valence-electron chi connectivity index (χ4n) is 2.83. The molecule has 1 saturated heterocycles. The average molecular weight is 331 g/mol. The normalized spacial score (nSPS) is 15.3. The molecule has 4 nitrogen and oxygen atoms in total. The third kappa shape index (κ3) is 3.92. The summed E-state index contributed by atoms with van der Waals surface area (Å²) in [5.74, 6) is 0.838. The number of hydrogen-bond acceptors (Lipinski definition) is 4. The number of nitrogens with zero attached hydrogens (tertiary/aromatic N) is 1. The molecular formula is C18H21NO3S. The van der Waals surface area contributed by atoms with Gasteiger partial charge < -0.3 is 14.4 Å². The molecule has 0 aliphatic carbocycles. The van der Waals surface area contributed by atoms with Crippen LogP contribution >= 0.6 is 11.3 Å². The standard InChI is InChI=1S/C18H21NO3S/c1-21-16-6-4-14(5-7-16)18(20)19(13-17-3-2-12-23-17)15-8-10-22-11-9-15/h2-7,12,15H,8-11,13H2,1H3. The Morgan fingerprint density at radius 2 is 2.00 bits per heavy atom. The Bertz CT molecular complexity index is 618. The second-order valence-electron chi connectivity index (χ2n) is 5.58. The highest BCUT2D eigenvalue weighted by Crippen LogP contribution is 2.23. The molecule has 3 rings (SSSR count). The van der Waals surface area contributed by atoms with Crippen LogP contribution in [0.3, 0.4) is 0 Å². The van der Waals surface area contributed by atoms with E-state index in [1.165, 1.54) is 4.88 Å². The molecule has 5 heteroatoms. The number of ether oxygens (including phenoxy) is 2. The van der Waals surface area contributed by atoms with Gasteiger partial charge in [-0.3, -0.25) is 4.79 Å². The lowest BCUT2D eigenvalue weighted by Crippen LogP contribution is -2.42. The van der Waals surface area contributed by atoms with E-state index in [9.17, 15) is 4.79 Å². The van der Waals surface area contributed by atoms with E-state index in [2.05, 4.69) is 11.4 Å². The molecule has 1 fully saturated rings. The summed E-state index contributed by atoms with van der Waals surface area (Å²) >= 11 is 1.69. The van der Waals surface area contributed by atoms with Gasteiger partial charge in [-0.1, -0.05) is 6.07 Å². The van der Waals surface area contributed by atoms with E-state index in [1.807, 2.05) is 35.2 Å². The topological polar surface area (TPSA) is 38.8 Å². The maximum absolute atomic E-state index is 13.0. The van der Waals surface area contributed by atoms with Gasteiger partial charge in [0.15, 0.2) is 0 Å². The number of benzene rings is 1. The molecule has 122 valence electrons. The summed E-state index contributed by atoms with van der Waals surface area (Å²) in [5.41, 5.74) is 0.703. The van der Waals surface area contributed by atoms with Crippen molar-refractivity contribution in [2.24, 2.45) is 0 Å². The van der Waals surface area contributed by atoms with Gasteiger partial charge in [0, 0.05) is 29.7 Å². The number of carbonyl (C=O) groups excluding carboxylic acids is 1. The van der Waals surface area contributed by atoms with Crippen molar-refractivity contribution in [1.82, 2.24) is 4.90 Å². The van der Waals surface area contributed by atoms with Crippen LogP contribution in [-0.2, 0) is 11.3 Å². The van der Waals surface area contributed by atoms with E-state index in [4.69, 9.17) is 9.47 Å². The Labute approximate surface area is 140 Å². The zero-order valence-corrected chi connectivity index (χ0v) is 14.1. The molecule has 1 aliphatic rings. The van der Waals surface area contributed by atoms with Gasteiger partial charge in [0.2, 0.25) is 0 Å². The fourth-order valence-corrected chi connectivity index (χ4v) is 3.54. The van der Waals surface area contributed by atoms with Gasteiger partial charge in [-0.15, -0.1) is 11.3 Å². The molecule has 1 aromatic heterocycles. The first-order chi connectivity index (χ1) is 11.3. The molecule has 0 saturated carbocycles. The molecule has 1 aliphatic heterocycles. The van der Waals surface area contributed by atoms with Crippen LogP contribution in [-0.4, -0.2) is 37.2 Å². The lowest BCUT2D eigenvalue weighted by Gasteiger charge is -2.34. The minimum Gasteiger partial charge on any atom is -0.497 e. The second-order valence-corrected chi connectivity index (χ2v) is 6.62. The first-order valence-corrected chi connectivity index (χ1v) is 8.71. The predicted octanol–water partition coefficient (Wildman–Crippen LogP) is 3.58. The summed E-state index contributed by atoms with van der Waals surface area (Å²) < 4.78 is 10.6. The Kier molecular flexibility index (Phi) is 5.31. The van der Waals surface area contributed by atoms with Crippen LogP contribution in [0, 0.1) is 0 Å². The molecule has 1 aromatic carbocycles. The molecule has 23 heavy (non-hydrogen) atoms. The molecule has 2 heterocycles. The van der Waals surface area contributed by atoms with Crippen LogP contribution in [0.25, 0.3) is 0 Å². The van der Waals surface area contributed by atoms with Crippen LogP contribution < -0.4 is 4.74 Å². The highest BCUT2D eigenvalue weighted by atomic mass is 32.1. The molecular weight excluding hydrogens is 310 g/mol. The summed E-state index contributed by atoms with van der Waals surface area (Å²) in [4.78, 5) is 16.2. The minimum absolute atomic E-state index is 0.0768. The maximum atomic E-state index is 13.0. The number of thiophene rings is 1. The van der Waals surface area contributed by atoms with Crippen LogP contribution in [0.15, 0.2) is 41.8 Å². The SMILES string of the molecule is COc1ccc(C(=O)N(Cc2cccs2)C2CCOCC2)cc1. The number of amides is 1. The van der Waals surface area contributed by atoms with Crippen LogP contribution in [0.1, 0.15) is 28.1 Å². The highest BCUT2D eigenvalue weighted by molar-refractivity contribution is 7.09. The van der Waals surface area contributed by atoms with Crippen molar-refractivity contribution in [3.63, 3.8) is 0 Å². The summed E-state index contributed by atoms with van der Waals surface area (Å²) in [6, 6.07) is 11.7. The quantitative estimate of drug-likeness (QED) is 0.840. The third-order valence-corrected chi connectivity index (χ3v) is 5.00. The second kappa shape index (κ2) is 7.62. The van der Waals surface area contributed by atoms with Crippen LogP contribution in [0.5, 0.6) is 5.75 Å². The van der Waals surface area contributed by atoms with E-state index in [0.717, 1.165) is 31.8 Å². The molecule has 0 unspecified atom stereocenters. The fraction of sp³-hybridized carbons (Fsp3) is 0.389. The number of carbonyl (C=O) groups is 1. The zero-order chi connectivity index (χ0) is 16.1. The average Bonchev–Trinajstić information content (AvgIpc) is 3.13. The van der Waals surface area contributed by atoms with Crippen molar-refractivity contribution in [2.75, 3.05) is 20.3 Å². The van der Waals surface area contributed by atoms with Gasteiger partial charge >= 0.3 is 0 Å². The lowest BCUT2D eigenvalue weighted by molar-refractivity contribution is 0.0270. The van der Waals surface area contributed by atoms with E-state index >= 15 is 0 Å². The molecule has 0 atom stereocenters.